The number of rotatable bonds is 8. The Kier molecular flexibility index (Phi) is 7.96. The number of carbonyl (C=O) groups is 1. The number of carbonyl (C=O) groups excluding carboxylic acids is 1. The molecule has 0 radical (unpaired) electrons. The second-order valence-electron chi connectivity index (χ2n) is 7.69. The number of benzene rings is 1. The normalized spacial score (nSPS) is 13.0. The minimum Gasteiger partial charge on any atom is -0.491 e. The number of ketones is 1. The summed E-state index contributed by atoms with van der Waals surface area (Å²) in [6.45, 7) is 6.36. The molecule has 0 unspecified atom stereocenters. The van der Waals surface area contributed by atoms with E-state index in [-0.39, 0.29) is 17.9 Å². The molecule has 0 saturated heterocycles. The second kappa shape index (κ2) is 10.7. The van der Waals surface area contributed by atoms with Crippen molar-refractivity contribution in [1.29, 1.82) is 0 Å². The highest BCUT2D eigenvalue weighted by atomic mass is 32.2. The molecule has 5 nitrogen and oxygen atoms in total. The molecule has 1 aliphatic rings. The second-order valence-corrected chi connectivity index (χ2v) is 8.49. The molecule has 3 aromatic rings. The van der Waals surface area contributed by atoms with Gasteiger partial charge in [0, 0.05) is 29.2 Å². The van der Waals surface area contributed by atoms with E-state index in [1.807, 2.05) is 38.1 Å². The fourth-order valence-electron chi connectivity index (χ4n) is 3.45. The molecule has 1 N–H and O–H groups in total. The van der Waals surface area contributed by atoms with E-state index in [2.05, 4.69) is 4.98 Å². The van der Waals surface area contributed by atoms with Gasteiger partial charge in [0.2, 0.25) is 0 Å². The Hall–Kier alpha value is -2.54. The van der Waals surface area contributed by atoms with Gasteiger partial charge in [0.15, 0.2) is 11.5 Å². The maximum absolute atomic E-state index is 13.3. The van der Waals surface area contributed by atoms with Crippen molar-refractivity contribution in [2.45, 2.75) is 46.6 Å². The Morgan fingerprint density at radius 3 is 2.52 bits per heavy atom. The van der Waals surface area contributed by atoms with Gasteiger partial charge in [0.1, 0.15) is 5.39 Å². The number of aromatic nitrogens is 2. The van der Waals surface area contributed by atoms with Gasteiger partial charge in [-0.25, -0.2) is 0 Å². The fourth-order valence-corrected chi connectivity index (χ4v) is 3.45. The summed E-state index contributed by atoms with van der Waals surface area (Å²) in [6, 6.07) is 11.1. The van der Waals surface area contributed by atoms with Gasteiger partial charge in [-0.1, -0.05) is 44.2 Å². The van der Waals surface area contributed by atoms with Crippen LogP contribution >= 0.6 is 12.1 Å². The largest absolute Gasteiger partial charge is 0.491 e. The highest BCUT2D eigenvalue weighted by molar-refractivity contribution is 7.94. The lowest BCUT2D eigenvalue weighted by Crippen LogP contribution is -2.27. The minimum atomic E-state index is -0.163. The maximum atomic E-state index is 13.3. The lowest BCUT2D eigenvalue weighted by molar-refractivity contribution is 0.0970. The number of pyridine rings is 1. The Bertz CT molecular complexity index is 1090. The van der Waals surface area contributed by atoms with Crippen molar-refractivity contribution in [3.8, 4) is 5.75 Å². The van der Waals surface area contributed by atoms with Gasteiger partial charge in [-0.05, 0) is 38.2 Å². The van der Waals surface area contributed by atoms with Crippen LogP contribution in [-0.4, -0.2) is 27.7 Å². The molecule has 7 heteroatoms. The van der Waals surface area contributed by atoms with Crippen molar-refractivity contribution in [1.82, 2.24) is 9.55 Å². The molecule has 31 heavy (non-hydrogen) atoms. The van der Waals surface area contributed by atoms with Crippen LogP contribution in [-0.2, 0) is 13.0 Å². The lowest BCUT2D eigenvalue weighted by atomic mass is 10.1. The van der Waals surface area contributed by atoms with Crippen LogP contribution in [0.15, 0.2) is 41.2 Å². The van der Waals surface area contributed by atoms with Gasteiger partial charge in [0.25, 0.3) is 5.56 Å². The topological polar surface area (TPSA) is 64.1 Å². The van der Waals surface area contributed by atoms with Crippen LogP contribution in [0.4, 0.5) is 3.89 Å². The van der Waals surface area contributed by atoms with E-state index in [1.165, 1.54) is 12.8 Å². The Balaban J connectivity index is 0.000000628. The van der Waals surface area contributed by atoms with Crippen LogP contribution in [0.3, 0.4) is 0 Å². The van der Waals surface area contributed by atoms with E-state index in [4.69, 9.17) is 4.74 Å². The molecule has 1 aromatic carbocycles. The molecular formula is C24H29FN2O3S. The van der Waals surface area contributed by atoms with Crippen molar-refractivity contribution in [2.24, 2.45) is 5.92 Å². The lowest BCUT2D eigenvalue weighted by Gasteiger charge is -2.12. The monoisotopic (exact) mass is 444 g/mol. The standard InChI is InChI=1S/C22H24N2O3.C2H5FS/c1-3-17-11-18-20(21(14(2)23-18)27-13-15-9-10-15)22(26)24(17)12-19(25)16-7-5-4-6-8-16;1-2-4-3/h4-8,11,15,23H,3,9-10,12-13H2,1-2H3;2H2,1H3. The SMILES string of the molecule is CCSF.CCc1cc2[nH]c(C)c(OCC3CC3)c2c(=O)n1CC(=O)c1ccccc1. The van der Waals surface area contributed by atoms with Crippen molar-refractivity contribution >= 4 is 28.8 Å². The van der Waals surface area contributed by atoms with Crippen LogP contribution < -0.4 is 10.3 Å². The zero-order valence-electron chi connectivity index (χ0n) is 18.2. The summed E-state index contributed by atoms with van der Waals surface area (Å²) < 4.78 is 18.2. The number of nitrogens with one attached hydrogen (secondary N) is 1. The number of H-pyrrole nitrogens is 1. The summed E-state index contributed by atoms with van der Waals surface area (Å²) >= 11 is 0.356. The molecule has 2 aromatic heterocycles. The van der Waals surface area contributed by atoms with E-state index in [0.29, 0.717) is 53.5 Å². The number of hydrogen-bond acceptors (Lipinski definition) is 4. The van der Waals surface area contributed by atoms with E-state index < -0.39 is 0 Å². The van der Waals surface area contributed by atoms with Crippen molar-refractivity contribution in [2.75, 3.05) is 12.4 Å². The number of ether oxygens (including phenoxy) is 1. The molecule has 0 spiro atoms. The van der Waals surface area contributed by atoms with Crippen molar-refractivity contribution in [3.63, 3.8) is 0 Å². The Labute approximate surface area is 186 Å². The fraction of sp³-hybridized carbons (Fsp3) is 0.417. The van der Waals surface area contributed by atoms with E-state index >= 15 is 0 Å². The average Bonchev–Trinajstić information content (AvgIpc) is 3.56. The molecule has 166 valence electrons. The van der Waals surface area contributed by atoms with Gasteiger partial charge < -0.3 is 14.3 Å². The molecular weight excluding hydrogens is 415 g/mol. The number of fused-ring (bicyclic) bond motifs is 1. The molecule has 0 atom stereocenters. The first-order valence-electron chi connectivity index (χ1n) is 10.7. The summed E-state index contributed by atoms with van der Waals surface area (Å²) in [5.41, 5.74) is 2.93. The summed E-state index contributed by atoms with van der Waals surface area (Å²) in [5, 5.41) is 0.547. The summed E-state index contributed by atoms with van der Waals surface area (Å²) in [7, 11) is 0. The number of aryl methyl sites for hydroxylation is 2. The third-order valence-electron chi connectivity index (χ3n) is 5.30. The zero-order valence-corrected chi connectivity index (χ0v) is 19.1. The third kappa shape index (κ3) is 5.58. The molecule has 4 rings (SSSR count). The van der Waals surface area contributed by atoms with Crippen LogP contribution in [0.25, 0.3) is 10.9 Å². The van der Waals surface area contributed by atoms with Crippen LogP contribution in [0.5, 0.6) is 5.75 Å². The molecule has 1 saturated carbocycles. The quantitative estimate of drug-likeness (QED) is 0.466. The molecule has 0 bridgehead atoms. The number of aromatic amines is 1. The predicted molar refractivity (Wildman–Crippen MR) is 125 cm³/mol. The van der Waals surface area contributed by atoms with Crippen LogP contribution in [0.2, 0.25) is 0 Å². The number of hydrogen-bond donors (Lipinski definition) is 1. The smallest absolute Gasteiger partial charge is 0.264 e. The van der Waals surface area contributed by atoms with E-state index in [9.17, 15) is 13.5 Å². The van der Waals surface area contributed by atoms with E-state index in [0.717, 1.165) is 16.9 Å². The van der Waals surface area contributed by atoms with Gasteiger partial charge in [0.05, 0.1) is 24.4 Å². The zero-order chi connectivity index (χ0) is 22.4. The number of halogens is 1. The average molecular weight is 445 g/mol. The van der Waals surface area contributed by atoms with E-state index in [1.54, 1.807) is 23.6 Å². The van der Waals surface area contributed by atoms with Crippen molar-refractivity contribution < 1.29 is 13.4 Å². The van der Waals surface area contributed by atoms with Gasteiger partial charge in [-0.15, -0.1) is 0 Å². The highest BCUT2D eigenvalue weighted by Crippen LogP contribution is 2.33. The van der Waals surface area contributed by atoms with Crippen molar-refractivity contribution in [3.05, 3.63) is 63.7 Å². The first-order chi connectivity index (χ1) is 15.0. The number of nitrogens with zero attached hydrogens (tertiary/aromatic N) is 1. The number of Topliss-reactive ketones (excluding diaryl/α,β-unsaturated/α-hetero) is 1. The Morgan fingerprint density at radius 2 is 1.94 bits per heavy atom. The molecule has 1 aliphatic carbocycles. The van der Waals surface area contributed by atoms with Crippen LogP contribution in [0, 0.1) is 12.8 Å². The highest BCUT2D eigenvalue weighted by Gasteiger charge is 2.24. The van der Waals surface area contributed by atoms with Gasteiger partial charge in [-0.2, -0.15) is 3.89 Å². The molecule has 1 fully saturated rings. The summed E-state index contributed by atoms with van der Waals surface area (Å²) in [4.78, 5) is 29.2. The summed E-state index contributed by atoms with van der Waals surface area (Å²) in [6.07, 6.45) is 3.05. The minimum absolute atomic E-state index is 0.0360. The first-order valence-corrected chi connectivity index (χ1v) is 11.6. The van der Waals surface area contributed by atoms with Crippen LogP contribution in [0.1, 0.15) is 48.4 Å². The maximum Gasteiger partial charge on any atom is 0.264 e. The Morgan fingerprint density at radius 1 is 1.26 bits per heavy atom. The third-order valence-corrected chi connectivity index (χ3v) is 5.52. The van der Waals surface area contributed by atoms with Gasteiger partial charge >= 0.3 is 0 Å². The molecule has 0 amide bonds. The first kappa shape index (κ1) is 23.1. The molecule has 2 heterocycles. The predicted octanol–water partition coefficient (Wildman–Crippen LogP) is 5.50. The van der Waals surface area contributed by atoms with Gasteiger partial charge in [-0.3, -0.25) is 9.59 Å². The summed E-state index contributed by atoms with van der Waals surface area (Å²) in [5.74, 6) is 1.73. The molecule has 0 aliphatic heterocycles.